The lowest BCUT2D eigenvalue weighted by molar-refractivity contribution is 0.670. The molecule has 0 saturated heterocycles. The summed E-state index contributed by atoms with van der Waals surface area (Å²) in [5, 5.41) is 10.7. The minimum Gasteiger partial charge on any atom is -0.455 e. The van der Waals surface area contributed by atoms with Crippen LogP contribution in [0.2, 0.25) is 0 Å². The third-order valence-electron chi connectivity index (χ3n) is 7.34. The Morgan fingerprint density at radius 1 is 0.500 bits per heavy atom. The van der Waals surface area contributed by atoms with E-state index in [0.29, 0.717) is 0 Å². The Hall–Kier alpha value is -4.40. The second-order valence-corrected chi connectivity index (χ2v) is 10.2. The largest absolute Gasteiger partial charge is 0.455 e. The highest BCUT2D eigenvalue weighted by molar-refractivity contribution is 7.17. The first-order valence-electron chi connectivity index (χ1n) is 12.2. The van der Waals surface area contributed by atoms with Gasteiger partial charge in [0.2, 0.25) is 0 Å². The fourth-order valence-corrected chi connectivity index (χ4v) is 6.59. The number of benzene rings is 6. The molecule has 2 heterocycles. The van der Waals surface area contributed by atoms with Crippen LogP contribution in [0.4, 0.5) is 0 Å². The average molecular weight is 477 g/mol. The highest BCUT2D eigenvalue weighted by atomic mass is 32.1. The van der Waals surface area contributed by atoms with Crippen LogP contribution in [0.5, 0.6) is 0 Å². The smallest absolute Gasteiger partial charge is 0.143 e. The quantitative estimate of drug-likeness (QED) is 0.226. The van der Waals surface area contributed by atoms with Gasteiger partial charge in [-0.05, 0) is 61.6 Å². The minimum absolute atomic E-state index is 0.942. The molecule has 0 saturated carbocycles. The van der Waals surface area contributed by atoms with Gasteiger partial charge < -0.3 is 4.42 Å². The zero-order chi connectivity index (χ0) is 23.6. The number of thiophene rings is 1. The summed E-state index contributed by atoms with van der Waals surface area (Å²) >= 11 is 1.78. The van der Waals surface area contributed by atoms with Crippen LogP contribution in [-0.4, -0.2) is 0 Å². The van der Waals surface area contributed by atoms with E-state index in [1.165, 1.54) is 53.7 Å². The first-order chi connectivity index (χ1) is 17.9. The van der Waals surface area contributed by atoms with Gasteiger partial charge >= 0.3 is 0 Å². The maximum absolute atomic E-state index is 6.63. The molecule has 6 aromatic carbocycles. The van der Waals surface area contributed by atoms with Gasteiger partial charge in [-0.15, -0.1) is 11.3 Å². The van der Waals surface area contributed by atoms with E-state index in [1.54, 1.807) is 11.3 Å². The van der Waals surface area contributed by atoms with E-state index < -0.39 is 0 Å². The molecule has 0 N–H and O–H groups in total. The molecular formula is C34H20OS. The van der Waals surface area contributed by atoms with Crippen LogP contribution in [-0.2, 0) is 0 Å². The van der Waals surface area contributed by atoms with Crippen molar-refractivity contribution < 1.29 is 4.42 Å². The van der Waals surface area contributed by atoms with Crippen molar-refractivity contribution in [2.45, 2.75) is 0 Å². The van der Waals surface area contributed by atoms with Gasteiger partial charge in [0.15, 0.2) is 0 Å². The molecule has 0 bridgehead atoms. The van der Waals surface area contributed by atoms with E-state index in [1.807, 2.05) is 0 Å². The topological polar surface area (TPSA) is 13.1 Å². The molecule has 0 atom stereocenters. The van der Waals surface area contributed by atoms with E-state index in [9.17, 15) is 0 Å². The predicted octanol–water partition coefficient (Wildman–Crippen LogP) is 10.4. The zero-order valence-electron chi connectivity index (χ0n) is 19.4. The molecule has 36 heavy (non-hydrogen) atoms. The number of para-hydroxylation sites is 1. The SMILES string of the molecule is c1ccc(-c2c3ccccc3c(-c3cccc4c3oc3cc5ccsc5cc34)c3ccccc23)cc1. The number of hydrogen-bond acceptors (Lipinski definition) is 2. The fraction of sp³-hybridized carbons (Fsp3) is 0. The van der Waals surface area contributed by atoms with E-state index in [4.69, 9.17) is 4.42 Å². The lowest BCUT2D eigenvalue weighted by Crippen LogP contribution is -1.90. The first kappa shape index (κ1) is 19.9. The van der Waals surface area contributed by atoms with Gasteiger partial charge in [-0.3, -0.25) is 0 Å². The van der Waals surface area contributed by atoms with Gasteiger partial charge in [-0.1, -0.05) is 97.1 Å². The van der Waals surface area contributed by atoms with Crippen molar-refractivity contribution in [3.63, 3.8) is 0 Å². The Kier molecular flexibility index (Phi) is 4.16. The third-order valence-corrected chi connectivity index (χ3v) is 8.21. The van der Waals surface area contributed by atoms with Crippen LogP contribution in [0.15, 0.2) is 125 Å². The van der Waals surface area contributed by atoms with Gasteiger partial charge in [0.1, 0.15) is 11.2 Å². The van der Waals surface area contributed by atoms with Crippen LogP contribution in [0, 0.1) is 0 Å². The molecule has 0 amide bonds. The van der Waals surface area contributed by atoms with Gasteiger partial charge in [-0.25, -0.2) is 0 Å². The monoisotopic (exact) mass is 476 g/mol. The first-order valence-corrected chi connectivity index (χ1v) is 13.1. The standard InChI is InChI=1S/C34H20OS/c1-2-9-21(10-3-1)32-23-11-4-6-13-25(23)33(26-14-7-5-12-24(26)32)28-16-8-15-27-29-20-31-22(17-18-36-31)19-30(29)35-34(27)28/h1-20H. The van der Waals surface area contributed by atoms with E-state index >= 15 is 0 Å². The fourth-order valence-electron chi connectivity index (χ4n) is 5.78. The van der Waals surface area contributed by atoms with Crippen molar-refractivity contribution >= 4 is 64.9 Å². The summed E-state index contributed by atoms with van der Waals surface area (Å²) in [5.41, 5.74) is 6.78. The molecule has 0 aliphatic rings. The Morgan fingerprint density at radius 2 is 1.14 bits per heavy atom. The Bertz CT molecular complexity index is 2040. The Balaban J connectivity index is 1.54. The van der Waals surface area contributed by atoms with Crippen LogP contribution in [0.3, 0.4) is 0 Å². The number of furan rings is 1. The molecule has 1 nitrogen and oxygen atoms in total. The summed E-state index contributed by atoms with van der Waals surface area (Å²) in [6, 6.07) is 41.5. The minimum atomic E-state index is 0.942. The van der Waals surface area contributed by atoms with E-state index in [0.717, 1.165) is 22.1 Å². The lowest BCUT2D eigenvalue weighted by Gasteiger charge is -2.17. The Labute approximate surface area is 211 Å². The second-order valence-electron chi connectivity index (χ2n) is 9.30. The van der Waals surface area contributed by atoms with Gasteiger partial charge in [0.05, 0.1) is 0 Å². The molecule has 0 fully saturated rings. The van der Waals surface area contributed by atoms with Crippen LogP contribution in [0.25, 0.3) is 75.8 Å². The molecule has 8 aromatic rings. The van der Waals surface area contributed by atoms with Crippen LogP contribution >= 0.6 is 11.3 Å². The predicted molar refractivity (Wildman–Crippen MR) is 155 cm³/mol. The van der Waals surface area contributed by atoms with Crippen molar-refractivity contribution in [3.05, 3.63) is 121 Å². The normalized spacial score (nSPS) is 11.9. The molecule has 0 aliphatic carbocycles. The highest BCUT2D eigenvalue weighted by Crippen LogP contribution is 2.46. The van der Waals surface area contributed by atoms with Crippen molar-refractivity contribution in [2.24, 2.45) is 0 Å². The molecule has 2 heteroatoms. The summed E-state index contributed by atoms with van der Waals surface area (Å²) in [6.07, 6.45) is 0. The average Bonchev–Trinajstić information content (AvgIpc) is 3.54. The van der Waals surface area contributed by atoms with Crippen LogP contribution < -0.4 is 0 Å². The van der Waals surface area contributed by atoms with E-state index in [-0.39, 0.29) is 0 Å². The van der Waals surface area contributed by atoms with Gasteiger partial charge in [-0.2, -0.15) is 0 Å². The van der Waals surface area contributed by atoms with Crippen molar-refractivity contribution in [3.8, 4) is 22.3 Å². The zero-order valence-corrected chi connectivity index (χ0v) is 20.2. The van der Waals surface area contributed by atoms with Gasteiger partial charge in [0, 0.05) is 26.6 Å². The lowest BCUT2D eigenvalue weighted by atomic mass is 9.85. The maximum Gasteiger partial charge on any atom is 0.143 e. The number of fused-ring (bicyclic) bond motifs is 6. The molecule has 2 aromatic heterocycles. The number of hydrogen-bond donors (Lipinski definition) is 0. The van der Waals surface area contributed by atoms with Crippen molar-refractivity contribution in [2.75, 3.05) is 0 Å². The molecule has 8 rings (SSSR count). The van der Waals surface area contributed by atoms with Gasteiger partial charge in [0.25, 0.3) is 0 Å². The number of rotatable bonds is 2. The molecule has 0 spiro atoms. The second kappa shape index (κ2) is 7.55. The summed E-state index contributed by atoms with van der Waals surface area (Å²) in [5.74, 6) is 0. The van der Waals surface area contributed by atoms with Crippen LogP contribution in [0.1, 0.15) is 0 Å². The van der Waals surface area contributed by atoms with Crippen molar-refractivity contribution in [1.82, 2.24) is 0 Å². The summed E-state index contributed by atoms with van der Waals surface area (Å²) in [6.45, 7) is 0. The van der Waals surface area contributed by atoms with E-state index in [2.05, 4.69) is 121 Å². The maximum atomic E-state index is 6.63. The molecular weight excluding hydrogens is 456 g/mol. The Morgan fingerprint density at radius 3 is 1.86 bits per heavy atom. The van der Waals surface area contributed by atoms with Crippen molar-refractivity contribution in [1.29, 1.82) is 0 Å². The third kappa shape index (κ3) is 2.76. The summed E-state index contributed by atoms with van der Waals surface area (Å²) < 4.78 is 7.92. The highest BCUT2D eigenvalue weighted by Gasteiger charge is 2.20. The molecule has 0 aliphatic heterocycles. The molecule has 168 valence electrons. The summed E-state index contributed by atoms with van der Waals surface area (Å²) in [4.78, 5) is 0. The summed E-state index contributed by atoms with van der Waals surface area (Å²) in [7, 11) is 0. The molecule has 0 radical (unpaired) electrons. The molecule has 0 unspecified atom stereocenters.